The zero-order valence-corrected chi connectivity index (χ0v) is 22.0. The van der Waals surface area contributed by atoms with Crippen molar-refractivity contribution < 1.29 is 27.4 Å². The van der Waals surface area contributed by atoms with Crippen LogP contribution in [-0.4, -0.2) is 47.1 Å². The van der Waals surface area contributed by atoms with Gasteiger partial charge in [-0.1, -0.05) is 17.7 Å². The summed E-state index contributed by atoms with van der Waals surface area (Å²) in [5, 5.41) is 8.93. The molecule has 1 saturated carbocycles. The molecular formula is C28H30F3N5O3. The summed E-state index contributed by atoms with van der Waals surface area (Å²) in [6, 6.07) is 11.2. The zero-order valence-electron chi connectivity index (χ0n) is 22.0. The number of hydrogen-bond acceptors (Lipinski definition) is 7. The Balaban J connectivity index is 1.53. The molecule has 1 fully saturated rings. The number of nitrogens with zero attached hydrogens (tertiary/aromatic N) is 4. The predicted octanol–water partition coefficient (Wildman–Crippen LogP) is 6.45. The number of ether oxygens (including phenoxy) is 3. The number of para-hydroxylation sites is 1. The molecule has 0 aliphatic heterocycles. The van der Waals surface area contributed by atoms with Gasteiger partial charge in [-0.05, 0) is 49.9 Å². The van der Waals surface area contributed by atoms with Crippen molar-refractivity contribution in [2.24, 2.45) is 0 Å². The molecule has 1 unspecified atom stereocenters. The van der Waals surface area contributed by atoms with Crippen LogP contribution in [0, 0.1) is 0 Å². The van der Waals surface area contributed by atoms with E-state index in [9.17, 15) is 13.2 Å². The third-order valence-electron chi connectivity index (χ3n) is 6.98. The second kappa shape index (κ2) is 11.0. The van der Waals surface area contributed by atoms with Crippen LogP contribution in [0.3, 0.4) is 0 Å². The van der Waals surface area contributed by atoms with Gasteiger partial charge in [0, 0.05) is 29.5 Å². The van der Waals surface area contributed by atoms with Gasteiger partial charge in [0.2, 0.25) is 5.95 Å². The number of hydrogen-bond donors (Lipinski definition) is 1. The molecule has 1 aliphatic carbocycles. The van der Waals surface area contributed by atoms with Gasteiger partial charge in [0.15, 0.2) is 11.5 Å². The molecule has 2 heterocycles. The lowest BCUT2D eigenvalue weighted by Gasteiger charge is -2.22. The Labute approximate surface area is 223 Å². The Hall–Kier alpha value is -4.02. The number of anilines is 1. The van der Waals surface area contributed by atoms with Crippen LogP contribution in [0.1, 0.15) is 49.4 Å². The van der Waals surface area contributed by atoms with E-state index >= 15 is 0 Å². The lowest BCUT2D eigenvalue weighted by atomic mass is 9.84. The summed E-state index contributed by atoms with van der Waals surface area (Å²) < 4.78 is 56.4. The molecule has 2 aromatic heterocycles. The minimum atomic E-state index is -4.21. The zero-order chi connectivity index (χ0) is 27.6. The average Bonchev–Trinajstić information content (AvgIpc) is 3.40. The van der Waals surface area contributed by atoms with E-state index in [0.717, 1.165) is 29.4 Å². The molecule has 2 aromatic carbocycles. The van der Waals surface area contributed by atoms with Crippen molar-refractivity contribution in [2.45, 2.75) is 50.7 Å². The lowest BCUT2D eigenvalue weighted by Crippen LogP contribution is -2.11. The lowest BCUT2D eigenvalue weighted by molar-refractivity contribution is -0.125. The summed E-state index contributed by atoms with van der Waals surface area (Å²) >= 11 is 0. The van der Waals surface area contributed by atoms with Gasteiger partial charge in [0.1, 0.15) is 22.8 Å². The topological polar surface area (TPSA) is 82.8 Å². The molecule has 0 spiro atoms. The predicted molar refractivity (Wildman–Crippen MR) is 142 cm³/mol. The Morgan fingerprint density at radius 3 is 2.62 bits per heavy atom. The Kier molecular flexibility index (Phi) is 7.49. The van der Waals surface area contributed by atoms with Gasteiger partial charge in [-0.2, -0.15) is 17.7 Å². The normalized spacial score (nSPS) is 17.1. The summed E-state index contributed by atoms with van der Waals surface area (Å²) in [6.45, 7) is 0.388. The molecule has 1 aliphatic rings. The van der Waals surface area contributed by atoms with Crippen molar-refractivity contribution >= 4 is 22.5 Å². The van der Waals surface area contributed by atoms with Crippen LogP contribution < -0.4 is 19.5 Å². The van der Waals surface area contributed by atoms with E-state index in [-0.39, 0.29) is 5.92 Å². The Morgan fingerprint density at radius 2 is 1.87 bits per heavy atom. The standard InChI is InChI=1S/C28H30F3N5O3/c1-37-20-11-10-19(23(15-20)39-3)16-32-27-33-24-21(8-5-9-22(24)38-2)26-34-25(35-36(26)27)18-7-4-6-17(14-18)12-13-28(29,30)31/h5,8-12,15,18H,4,6-7,13-14,16H2,1-3H3,(H,32,33)/b17-12+. The fourth-order valence-electron chi connectivity index (χ4n) is 5.01. The van der Waals surface area contributed by atoms with Crippen LogP contribution in [0.15, 0.2) is 48.0 Å². The van der Waals surface area contributed by atoms with Gasteiger partial charge in [0.05, 0.1) is 27.8 Å². The highest BCUT2D eigenvalue weighted by Crippen LogP contribution is 2.37. The highest BCUT2D eigenvalue weighted by molar-refractivity contribution is 5.96. The summed E-state index contributed by atoms with van der Waals surface area (Å²) in [5.41, 5.74) is 2.92. The number of allylic oxidation sites excluding steroid dienone is 2. The largest absolute Gasteiger partial charge is 0.497 e. The van der Waals surface area contributed by atoms with Crippen molar-refractivity contribution in [1.82, 2.24) is 19.6 Å². The molecule has 8 nitrogen and oxygen atoms in total. The maximum atomic E-state index is 12.8. The third-order valence-corrected chi connectivity index (χ3v) is 6.98. The monoisotopic (exact) mass is 541 g/mol. The minimum Gasteiger partial charge on any atom is -0.497 e. The molecule has 0 radical (unpaired) electrons. The molecule has 39 heavy (non-hydrogen) atoms. The van der Waals surface area contributed by atoms with Crippen molar-refractivity contribution in [3.8, 4) is 17.2 Å². The van der Waals surface area contributed by atoms with Crippen molar-refractivity contribution in [3.63, 3.8) is 0 Å². The van der Waals surface area contributed by atoms with Crippen molar-refractivity contribution in [3.05, 3.63) is 59.4 Å². The summed E-state index contributed by atoms with van der Waals surface area (Å²) in [5.74, 6) is 2.92. The van der Waals surface area contributed by atoms with E-state index in [2.05, 4.69) is 5.32 Å². The van der Waals surface area contributed by atoms with E-state index in [0.29, 0.717) is 59.6 Å². The molecule has 4 aromatic rings. The molecule has 206 valence electrons. The number of benzene rings is 2. The number of fused-ring (bicyclic) bond motifs is 3. The van der Waals surface area contributed by atoms with Gasteiger partial charge < -0.3 is 19.5 Å². The molecule has 1 atom stereocenters. The van der Waals surface area contributed by atoms with Gasteiger partial charge in [-0.15, -0.1) is 5.10 Å². The summed E-state index contributed by atoms with van der Waals surface area (Å²) in [4.78, 5) is 9.71. The van der Waals surface area contributed by atoms with E-state index in [1.807, 2.05) is 36.4 Å². The third kappa shape index (κ3) is 5.71. The summed E-state index contributed by atoms with van der Waals surface area (Å²) in [7, 11) is 4.78. The average molecular weight is 542 g/mol. The van der Waals surface area contributed by atoms with Gasteiger partial charge in [0.25, 0.3) is 0 Å². The van der Waals surface area contributed by atoms with Crippen LogP contribution in [0.25, 0.3) is 16.6 Å². The maximum Gasteiger partial charge on any atom is 0.392 e. The quantitative estimate of drug-likeness (QED) is 0.257. The SMILES string of the molecule is COc1ccc(CNc2nc3c(OC)cccc3c3nc(C4CCC/C(=C\CC(F)(F)F)C4)nn23)c(OC)c1. The van der Waals surface area contributed by atoms with E-state index < -0.39 is 12.6 Å². The van der Waals surface area contributed by atoms with Crippen molar-refractivity contribution in [1.29, 1.82) is 0 Å². The number of halogens is 3. The smallest absolute Gasteiger partial charge is 0.392 e. The van der Waals surface area contributed by atoms with Gasteiger partial charge in [-0.3, -0.25) is 0 Å². The number of rotatable bonds is 8. The van der Waals surface area contributed by atoms with Crippen LogP contribution in [0.5, 0.6) is 17.2 Å². The first-order chi connectivity index (χ1) is 18.8. The number of nitrogens with one attached hydrogen (secondary N) is 1. The fourth-order valence-corrected chi connectivity index (χ4v) is 5.01. The van der Waals surface area contributed by atoms with Crippen LogP contribution in [0.4, 0.5) is 19.1 Å². The van der Waals surface area contributed by atoms with Crippen LogP contribution in [0.2, 0.25) is 0 Å². The number of aromatic nitrogens is 4. The molecule has 0 amide bonds. The highest BCUT2D eigenvalue weighted by atomic mass is 19.4. The minimum absolute atomic E-state index is 0.0756. The highest BCUT2D eigenvalue weighted by Gasteiger charge is 2.28. The summed E-state index contributed by atoms with van der Waals surface area (Å²) in [6.07, 6.45) is -1.03. The number of methoxy groups -OCH3 is 3. The van der Waals surface area contributed by atoms with E-state index in [1.165, 1.54) is 6.08 Å². The van der Waals surface area contributed by atoms with Crippen molar-refractivity contribution in [2.75, 3.05) is 26.6 Å². The molecular weight excluding hydrogens is 511 g/mol. The molecule has 11 heteroatoms. The molecule has 1 N–H and O–H groups in total. The second-order valence-corrected chi connectivity index (χ2v) is 9.50. The van der Waals surface area contributed by atoms with E-state index in [1.54, 1.807) is 25.8 Å². The maximum absolute atomic E-state index is 12.8. The Morgan fingerprint density at radius 1 is 1.05 bits per heavy atom. The van der Waals surface area contributed by atoms with Gasteiger partial charge >= 0.3 is 6.18 Å². The van der Waals surface area contributed by atoms with E-state index in [4.69, 9.17) is 29.3 Å². The first kappa shape index (κ1) is 26.6. The second-order valence-electron chi connectivity index (χ2n) is 9.50. The van der Waals surface area contributed by atoms with Crippen LogP contribution in [-0.2, 0) is 6.54 Å². The van der Waals surface area contributed by atoms with Gasteiger partial charge in [-0.25, -0.2) is 9.97 Å². The Bertz CT molecular complexity index is 1520. The fraction of sp³-hybridized carbons (Fsp3) is 0.393. The molecule has 0 bridgehead atoms. The molecule has 0 saturated heterocycles. The number of alkyl halides is 3. The first-order valence-electron chi connectivity index (χ1n) is 12.7. The first-order valence-corrected chi connectivity index (χ1v) is 12.7. The van der Waals surface area contributed by atoms with Crippen LogP contribution >= 0.6 is 0 Å². The molecule has 5 rings (SSSR count).